The molecule has 0 aromatic heterocycles. The average Bonchev–Trinajstić information content (AvgIpc) is 3.44. The van der Waals surface area contributed by atoms with Gasteiger partial charge in [-0.2, -0.15) is 5.10 Å². The van der Waals surface area contributed by atoms with Crippen LogP contribution in [0.1, 0.15) is 19.8 Å². The molecule has 28 heavy (non-hydrogen) atoms. The standard InChI is InChI=1S/C17H20F2N6O3/c1-16(28)22-15(27)17(25-16,9-5-6-9)8-21-14(26)12(7-20)24-23-11-4-2-3-10(18)13(11)19/h2-4,7,9,20,23,25,28H,5-6,8H2,1H3,(H,21,26)(H,22,27)/b20-7?,24-12+/t16?,17-/m0/s1. The first-order valence-electron chi connectivity index (χ1n) is 8.59. The Balaban J connectivity index is 1.69. The highest BCUT2D eigenvalue weighted by Gasteiger charge is 2.58. The quantitative estimate of drug-likeness (QED) is 0.286. The van der Waals surface area contributed by atoms with Crippen LogP contribution in [-0.4, -0.2) is 46.8 Å². The van der Waals surface area contributed by atoms with Gasteiger partial charge in [0, 0.05) is 6.54 Å². The molecule has 1 aliphatic carbocycles. The van der Waals surface area contributed by atoms with Gasteiger partial charge in [-0.3, -0.25) is 20.3 Å². The summed E-state index contributed by atoms with van der Waals surface area (Å²) in [6.45, 7) is 1.25. The zero-order chi connectivity index (χ0) is 20.5. The van der Waals surface area contributed by atoms with E-state index in [4.69, 9.17) is 5.41 Å². The molecule has 2 atom stereocenters. The first-order chi connectivity index (χ1) is 13.2. The number of rotatable bonds is 7. The van der Waals surface area contributed by atoms with Gasteiger partial charge in [0.25, 0.3) is 5.91 Å². The first-order valence-corrected chi connectivity index (χ1v) is 8.59. The molecule has 9 nitrogen and oxygen atoms in total. The van der Waals surface area contributed by atoms with E-state index in [-0.39, 0.29) is 18.2 Å². The molecule has 1 heterocycles. The summed E-state index contributed by atoms with van der Waals surface area (Å²) in [7, 11) is 0. The largest absolute Gasteiger partial charge is 0.359 e. The number of hydrogen-bond donors (Lipinski definition) is 6. The number of aliphatic hydroxyl groups is 1. The second-order valence-electron chi connectivity index (χ2n) is 6.93. The lowest BCUT2D eigenvalue weighted by Gasteiger charge is -2.28. The second kappa shape index (κ2) is 7.24. The van der Waals surface area contributed by atoms with Crippen LogP contribution in [0, 0.1) is 23.0 Å². The molecular formula is C17H20F2N6O3. The van der Waals surface area contributed by atoms with Gasteiger partial charge in [-0.25, -0.2) is 8.78 Å². The van der Waals surface area contributed by atoms with Crippen LogP contribution in [0.5, 0.6) is 0 Å². The highest BCUT2D eigenvalue weighted by atomic mass is 19.2. The molecule has 2 aliphatic rings. The minimum Gasteiger partial charge on any atom is -0.359 e. The Hall–Kier alpha value is -2.92. The van der Waals surface area contributed by atoms with Crippen LogP contribution in [-0.2, 0) is 9.59 Å². The molecular weight excluding hydrogens is 374 g/mol. The molecule has 1 aliphatic heterocycles. The van der Waals surface area contributed by atoms with Crippen LogP contribution < -0.4 is 21.4 Å². The number of hydrazone groups is 1. The van der Waals surface area contributed by atoms with Crippen LogP contribution in [0.2, 0.25) is 0 Å². The van der Waals surface area contributed by atoms with Gasteiger partial charge < -0.3 is 21.1 Å². The molecule has 1 aromatic rings. The van der Waals surface area contributed by atoms with E-state index in [1.807, 2.05) is 0 Å². The third-order valence-corrected chi connectivity index (χ3v) is 4.65. The summed E-state index contributed by atoms with van der Waals surface area (Å²) in [5.74, 6) is -5.13. The van der Waals surface area contributed by atoms with Gasteiger partial charge in [0.15, 0.2) is 23.2 Å². The van der Waals surface area contributed by atoms with Crippen LogP contribution in [0.3, 0.4) is 0 Å². The van der Waals surface area contributed by atoms with Gasteiger partial charge in [-0.05, 0) is 37.8 Å². The van der Waals surface area contributed by atoms with Gasteiger partial charge in [0.05, 0.1) is 11.9 Å². The predicted octanol–water partition coefficient (Wildman–Crippen LogP) is 0.0327. The van der Waals surface area contributed by atoms with Gasteiger partial charge in [-0.1, -0.05) is 6.07 Å². The lowest BCUT2D eigenvalue weighted by molar-refractivity contribution is -0.125. The third-order valence-electron chi connectivity index (χ3n) is 4.65. The average molecular weight is 394 g/mol. The highest BCUT2D eigenvalue weighted by Crippen LogP contribution is 2.42. The molecule has 150 valence electrons. The van der Waals surface area contributed by atoms with Crippen molar-refractivity contribution in [3.63, 3.8) is 0 Å². The summed E-state index contributed by atoms with van der Waals surface area (Å²) in [6.07, 6.45) is 2.16. The van der Waals surface area contributed by atoms with E-state index in [1.54, 1.807) is 0 Å². The smallest absolute Gasteiger partial charge is 0.273 e. The fraction of sp³-hybridized carbons (Fsp3) is 0.412. The van der Waals surface area contributed by atoms with Gasteiger partial charge in [0.2, 0.25) is 5.91 Å². The Kier molecular flexibility index (Phi) is 5.13. The van der Waals surface area contributed by atoms with Crippen molar-refractivity contribution >= 4 is 29.4 Å². The molecule has 0 bridgehead atoms. The number of halogens is 2. The molecule has 3 rings (SSSR count). The van der Waals surface area contributed by atoms with E-state index in [9.17, 15) is 23.5 Å². The van der Waals surface area contributed by atoms with Gasteiger partial charge in [-0.15, -0.1) is 0 Å². The molecule has 2 amide bonds. The summed E-state index contributed by atoms with van der Waals surface area (Å²) in [5.41, 5.74) is 0.334. The molecule has 1 saturated carbocycles. The molecule has 0 radical (unpaired) electrons. The summed E-state index contributed by atoms with van der Waals surface area (Å²) in [6, 6.07) is 3.41. The van der Waals surface area contributed by atoms with Crippen LogP contribution >= 0.6 is 0 Å². The van der Waals surface area contributed by atoms with E-state index >= 15 is 0 Å². The number of benzene rings is 1. The summed E-state index contributed by atoms with van der Waals surface area (Å²) >= 11 is 0. The van der Waals surface area contributed by atoms with Crippen LogP contribution in [0.15, 0.2) is 23.3 Å². The molecule has 2 fully saturated rings. The summed E-state index contributed by atoms with van der Waals surface area (Å²) < 4.78 is 26.8. The Morgan fingerprint density at radius 3 is 2.75 bits per heavy atom. The topological polar surface area (TPSA) is 139 Å². The van der Waals surface area contributed by atoms with Crippen LogP contribution in [0.4, 0.5) is 14.5 Å². The number of nitrogens with one attached hydrogen (secondary N) is 5. The van der Waals surface area contributed by atoms with Crippen molar-refractivity contribution in [2.45, 2.75) is 31.2 Å². The van der Waals surface area contributed by atoms with Crippen LogP contribution in [0.25, 0.3) is 0 Å². The maximum atomic E-state index is 13.6. The Morgan fingerprint density at radius 2 is 2.18 bits per heavy atom. The van der Waals surface area contributed by atoms with E-state index in [0.29, 0.717) is 6.21 Å². The third kappa shape index (κ3) is 3.85. The van der Waals surface area contributed by atoms with E-state index in [2.05, 4.69) is 26.5 Å². The molecule has 6 N–H and O–H groups in total. The number of nitrogens with zero attached hydrogens (tertiary/aromatic N) is 1. The zero-order valence-electron chi connectivity index (χ0n) is 15.0. The van der Waals surface area contributed by atoms with Gasteiger partial charge >= 0.3 is 0 Å². The summed E-state index contributed by atoms with van der Waals surface area (Å²) in [4.78, 5) is 24.7. The zero-order valence-corrected chi connectivity index (χ0v) is 15.0. The van der Waals surface area contributed by atoms with Crippen molar-refractivity contribution in [3.05, 3.63) is 29.8 Å². The number of hydrogen-bond acceptors (Lipinski definition) is 7. The predicted molar refractivity (Wildman–Crippen MR) is 96.6 cm³/mol. The van der Waals surface area contributed by atoms with Crippen molar-refractivity contribution < 1.29 is 23.5 Å². The molecule has 11 heteroatoms. The lowest BCUT2D eigenvalue weighted by atomic mass is 9.93. The molecule has 1 aromatic carbocycles. The van der Waals surface area contributed by atoms with Crippen molar-refractivity contribution in [2.24, 2.45) is 11.0 Å². The first kappa shape index (κ1) is 19.8. The highest BCUT2D eigenvalue weighted by molar-refractivity contribution is 6.60. The minimum absolute atomic E-state index is 0.0540. The molecule has 1 unspecified atom stereocenters. The Labute approximate surface area is 159 Å². The van der Waals surface area contributed by atoms with Crippen molar-refractivity contribution in [1.29, 1.82) is 5.41 Å². The number of amides is 2. The lowest BCUT2D eigenvalue weighted by Crippen LogP contribution is -2.59. The fourth-order valence-electron chi connectivity index (χ4n) is 3.16. The van der Waals surface area contributed by atoms with E-state index in [1.165, 1.54) is 19.1 Å². The van der Waals surface area contributed by atoms with E-state index in [0.717, 1.165) is 18.9 Å². The summed E-state index contributed by atoms with van der Waals surface area (Å²) in [5, 5.41) is 28.8. The Morgan fingerprint density at radius 1 is 1.46 bits per heavy atom. The van der Waals surface area contributed by atoms with Crippen molar-refractivity contribution in [3.8, 4) is 0 Å². The number of carbonyl (C=O) groups is 2. The number of carbonyl (C=O) groups excluding carboxylic acids is 2. The van der Waals surface area contributed by atoms with Crippen molar-refractivity contribution in [1.82, 2.24) is 16.0 Å². The maximum Gasteiger partial charge on any atom is 0.273 e. The van der Waals surface area contributed by atoms with E-state index < -0.39 is 40.5 Å². The monoisotopic (exact) mass is 394 g/mol. The van der Waals surface area contributed by atoms with Gasteiger partial charge in [0.1, 0.15) is 5.54 Å². The maximum absolute atomic E-state index is 13.6. The van der Waals surface area contributed by atoms with Crippen molar-refractivity contribution in [2.75, 3.05) is 12.0 Å². The SMILES string of the molecule is CC1(O)NC(=O)[C@](CNC(=O)/C(C=N)=N/Nc2cccc(F)c2F)(C2CC2)N1. The normalized spacial score (nSPS) is 27.3. The fourth-order valence-corrected chi connectivity index (χ4v) is 3.16. The second-order valence-corrected chi connectivity index (χ2v) is 6.93. The molecule has 0 spiro atoms. The number of anilines is 1. The Bertz CT molecular complexity index is 855. The minimum atomic E-state index is -1.60. The molecule has 1 saturated heterocycles.